The van der Waals surface area contributed by atoms with Gasteiger partial charge in [0.25, 0.3) is 5.91 Å². The van der Waals surface area contributed by atoms with Crippen LogP contribution in [0.3, 0.4) is 0 Å². The van der Waals surface area contributed by atoms with E-state index in [-0.39, 0.29) is 17.9 Å². The summed E-state index contributed by atoms with van der Waals surface area (Å²) >= 11 is 0. The van der Waals surface area contributed by atoms with Crippen molar-refractivity contribution in [3.8, 4) is 5.75 Å². The van der Waals surface area contributed by atoms with E-state index in [9.17, 15) is 9.59 Å². The molecule has 2 amide bonds. The number of anilines is 1. The first-order valence-corrected chi connectivity index (χ1v) is 11.0. The Labute approximate surface area is 178 Å². The molecule has 2 aromatic rings. The fourth-order valence-corrected chi connectivity index (χ4v) is 4.55. The van der Waals surface area contributed by atoms with Crippen molar-refractivity contribution in [1.29, 1.82) is 0 Å². The molecule has 0 bridgehead atoms. The van der Waals surface area contributed by atoms with Crippen LogP contribution in [-0.2, 0) is 4.79 Å². The van der Waals surface area contributed by atoms with Crippen molar-refractivity contribution < 1.29 is 14.3 Å². The second-order valence-electron chi connectivity index (χ2n) is 8.19. The van der Waals surface area contributed by atoms with E-state index in [1.807, 2.05) is 46.2 Å². The minimum atomic E-state index is 0.0641. The molecule has 2 saturated heterocycles. The molecule has 30 heavy (non-hydrogen) atoms. The zero-order chi connectivity index (χ0) is 20.9. The van der Waals surface area contributed by atoms with Crippen molar-refractivity contribution in [3.63, 3.8) is 0 Å². The first-order chi connectivity index (χ1) is 14.7. The molecule has 0 saturated carbocycles. The number of methoxy groups -OCH3 is 1. The van der Waals surface area contributed by atoms with Gasteiger partial charge in [-0.1, -0.05) is 25.0 Å². The predicted molar refractivity (Wildman–Crippen MR) is 118 cm³/mol. The van der Waals surface area contributed by atoms with Gasteiger partial charge < -0.3 is 14.5 Å². The van der Waals surface area contributed by atoms with E-state index in [0.717, 1.165) is 68.6 Å². The molecule has 5 nitrogen and oxygen atoms in total. The van der Waals surface area contributed by atoms with Gasteiger partial charge in [-0.15, -0.1) is 0 Å². The second-order valence-corrected chi connectivity index (χ2v) is 8.19. The van der Waals surface area contributed by atoms with Gasteiger partial charge in [-0.2, -0.15) is 0 Å². The van der Waals surface area contributed by atoms with Crippen molar-refractivity contribution in [2.24, 2.45) is 0 Å². The van der Waals surface area contributed by atoms with Gasteiger partial charge in [0.15, 0.2) is 0 Å². The number of benzene rings is 2. The van der Waals surface area contributed by atoms with Crippen LogP contribution in [0.5, 0.6) is 5.75 Å². The van der Waals surface area contributed by atoms with E-state index in [0.29, 0.717) is 12.0 Å². The number of likely N-dealkylation sites (tertiary alicyclic amines) is 1. The maximum atomic E-state index is 13.4. The molecule has 0 aromatic heterocycles. The summed E-state index contributed by atoms with van der Waals surface area (Å²) in [5.74, 6) is 1.06. The average Bonchev–Trinajstić information content (AvgIpc) is 3.05. The second kappa shape index (κ2) is 9.33. The lowest BCUT2D eigenvalue weighted by molar-refractivity contribution is -0.119. The van der Waals surface area contributed by atoms with Crippen molar-refractivity contribution in [2.45, 2.75) is 51.0 Å². The number of carbonyl (C=O) groups is 2. The summed E-state index contributed by atoms with van der Waals surface area (Å²) in [6, 6.07) is 15.7. The molecular formula is C25H30N2O3. The smallest absolute Gasteiger partial charge is 0.254 e. The summed E-state index contributed by atoms with van der Waals surface area (Å²) in [5.41, 5.74) is 2.73. The minimum absolute atomic E-state index is 0.0641. The third-order valence-corrected chi connectivity index (χ3v) is 6.26. The van der Waals surface area contributed by atoms with Gasteiger partial charge in [0.2, 0.25) is 5.91 Å². The van der Waals surface area contributed by atoms with Gasteiger partial charge in [-0.25, -0.2) is 0 Å². The normalized spacial score (nSPS) is 20.0. The van der Waals surface area contributed by atoms with E-state index < -0.39 is 0 Å². The van der Waals surface area contributed by atoms with Crippen LogP contribution in [0.4, 0.5) is 5.69 Å². The molecule has 2 aliphatic rings. The number of rotatable bonds is 4. The number of amides is 2. The molecule has 2 aromatic carbocycles. The maximum absolute atomic E-state index is 13.4. The summed E-state index contributed by atoms with van der Waals surface area (Å²) in [6.45, 7) is 1.53. The molecule has 2 fully saturated rings. The van der Waals surface area contributed by atoms with Crippen LogP contribution in [-0.4, -0.2) is 36.9 Å². The van der Waals surface area contributed by atoms with E-state index in [2.05, 4.69) is 12.1 Å². The maximum Gasteiger partial charge on any atom is 0.254 e. The van der Waals surface area contributed by atoms with Gasteiger partial charge in [0, 0.05) is 30.8 Å². The molecule has 2 aliphatic heterocycles. The number of piperidine rings is 1. The lowest BCUT2D eigenvalue weighted by atomic mass is 9.99. The summed E-state index contributed by atoms with van der Waals surface area (Å²) < 4.78 is 5.29. The van der Waals surface area contributed by atoms with Crippen molar-refractivity contribution in [2.75, 3.05) is 25.1 Å². The summed E-state index contributed by atoms with van der Waals surface area (Å²) in [6.07, 6.45) is 6.87. The quantitative estimate of drug-likeness (QED) is 0.720. The number of hydrogen-bond acceptors (Lipinski definition) is 3. The molecule has 4 rings (SSSR count). The van der Waals surface area contributed by atoms with Crippen molar-refractivity contribution in [3.05, 3.63) is 59.7 Å². The Balaban J connectivity index is 1.55. The van der Waals surface area contributed by atoms with Crippen molar-refractivity contribution >= 4 is 17.5 Å². The van der Waals surface area contributed by atoms with Crippen LogP contribution in [0.1, 0.15) is 66.9 Å². The van der Waals surface area contributed by atoms with Crippen LogP contribution in [0.25, 0.3) is 0 Å². The third-order valence-electron chi connectivity index (χ3n) is 6.26. The molecule has 0 aliphatic carbocycles. The van der Waals surface area contributed by atoms with Gasteiger partial charge >= 0.3 is 0 Å². The lowest BCUT2D eigenvalue weighted by Gasteiger charge is -2.31. The Kier molecular flexibility index (Phi) is 6.36. The monoisotopic (exact) mass is 406 g/mol. The molecule has 0 spiro atoms. The predicted octanol–water partition coefficient (Wildman–Crippen LogP) is 4.97. The van der Waals surface area contributed by atoms with E-state index in [1.54, 1.807) is 7.11 Å². The first kappa shape index (κ1) is 20.5. The highest BCUT2D eigenvalue weighted by Gasteiger charge is 2.28. The van der Waals surface area contributed by atoms with Crippen molar-refractivity contribution in [1.82, 2.24) is 4.90 Å². The highest BCUT2D eigenvalue weighted by atomic mass is 16.5. The zero-order valence-electron chi connectivity index (χ0n) is 17.7. The van der Waals surface area contributed by atoms with E-state index >= 15 is 0 Å². The Morgan fingerprint density at radius 2 is 1.63 bits per heavy atom. The Hall–Kier alpha value is -2.82. The molecular weight excluding hydrogens is 376 g/mol. The number of carbonyl (C=O) groups excluding carboxylic acids is 2. The fourth-order valence-electron chi connectivity index (χ4n) is 4.55. The minimum Gasteiger partial charge on any atom is -0.497 e. The number of nitrogens with zero attached hydrogens (tertiary/aromatic N) is 2. The Morgan fingerprint density at radius 1 is 0.900 bits per heavy atom. The highest BCUT2D eigenvalue weighted by molar-refractivity contribution is 5.97. The molecule has 158 valence electrons. The third kappa shape index (κ3) is 4.35. The number of hydrogen-bond donors (Lipinski definition) is 0. The molecule has 1 atom stereocenters. The first-order valence-electron chi connectivity index (χ1n) is 11.0. The van der Waals surface area contributed by atoms with Crippen LogP contribution < -0.4 is 9.64 Å². The molecule has 0 unspecified atom stereocenters. The molecule has 0 radical (unpaired) electrons. The molecule has 5 heteroatoms. The van der Waals surface area contributed by atoms with Crippen LogP contribution in [0, 0.1) is 0 Å². The van der Waals surface area contributed by atoms with Gasteiger partial charge in [-0.3, -0.25) is 9.59 Å². The number of ether oxygens (including phenoxy) is 1. The van der Waals surface area contributed by atoms with Crippen LogP contribution >= 0.6 is 0 Å². The highest BCUT2D eigenvalue weighted by Crippen LogP contribution is 2.32. The largest absolute Gasteiger partial charge is 0.497 e. The van der Waals surface area contributed by atoms with Gasteiger partial charge in [0.05, 0.1) is 13.2 Å². The van der Waals surface area contributed by atoms with Crippen LogP contribution in [0.2, 0.25) is 0 Å². The van der Waals surface area contributed by atoms with E-state index in [1.165, 1.54) is 0 Å². The van der Waals surface area contributed by atoms with Gasteiger partial charge in [0.1, 0.15) is 5.75 Å². The summed E-state index contributed by atoms with van der Waals surface area (Å²) in [5, 5.41) is 0. The average molecular weight is 407 g/mol. The topological polar surface area (TPSA) is 49.9 Å². The summed E-state index contributed by atoms with van der Waals surface area (Å²) in [4.78, 5) is 29.5. The SMILES string of the molecule is COc1ccc([C@H]2CCCCCN2C(=O)c2ccc(N3CCCCC3=O)cc2)cc1. The Bertz CT molecular complexity index is 876. The zero-order valence-corrected chi connectivity index (χ0v) is 17.7. The summed E-state index contributed by atoms with van der Waals surface area (Å²) in [7, 11) is 1.66. The Morgan fingerprint density at radius 3 is 2.33 bits per heavy atom. The standard InChI is InChI=1S/C25H30N2O3/c1-30-22-15-11-19(12-16-22)23-7-3-2-5-18-27(23)25(29)20-9-13-21(14-10-20)26-17-6-4-8-24(26)28/h9-16,23H,2-8,17-18H2,1H3/t23-/m1/s1. The van der Waals surface area contributed by atoms with Crippen LogP contribution in [0.15, 0.2) is 48.5 Å². The van der Waals surface area contributed by atoms with Gasteiger partial charge in [-0.05, 0) is 67.6 Å². The lowest BCUT2D eigenvalue weighted by Crippen LogP contribution is -2.36. The fraction of sp³-hybridized carbons (Fsp3) is 0.440. The molecule has 0 N–H and O–H groups in total. The molecule has 2 heterocycles. The van der Waals surface area contributed by atoms with E-state index in [4.69, 9.17) is 4.74 Å².